The van der Waals surface area contributed by atoms with Gasteiger partial charge < -0.3 is 5.11 Å². The van der Waals surface area contributed by atoms with Crippen LogP contribution in [0.4, 0.5) is 0 Å². The van der Waals surface area contributed by atoms with Gasteiger partial charge in [-0.25, -0.2) is 0 Å². The third-order valence-electron chi connectivity index (χ3n) is 1.45. The quantitative estimate of drug-likeness (QED) is 0.491. The fourth-order valence-corrected chi connectivity index (χ4v) is 0.856. The van der Waals surface area contributed by atoms with Gasteiger partial charge in [-0.2, -0.15) is 5.26 Å². The second-order valence-electron chi connectivity index (χ2n) is 2.30. The van der Waals surface area contributed by atoms with E-state index in [1.807, 2.05) is 0 Å². The Morgan fingerprint density at radius 2 is 1.83 bits per heavy atom. The van der Waals surface area contributed by atoms with Crippen molar-refractivity contribution in [1.82, 2.24) is 0 Å². The van der Waals surface area contributed by atoms with Crippen LogP contribution in [0.5, 0.6) is 5.75 Å². The Hall–Kier alpha value is -0.490. The van der Waals surface area contributed by atoms with E-state index >= 15 is 0 Å². The molecule has 0 aliphatic carbocycles. The molecule has 1 rings (SSSR count). The SMILES string of the molecule is N#CCCc1ccc([O-])cc1.[Na+]. The van der Waals surface area contributed by atoms with E-state index in [-0.39, 0.29) is 35.3 Å². The van der Waals surface area contributed by atoms with Crippen LogP contribution < -0.4 is 34.7 Å². The van der Waals surface area contributed by atoms with E-state index in [2.05, 4.69) is 6.07 Å². The molecule has 0 aromatic heterocycles. The first kappa shape index (κ1) is 11.5. The standard InChI is InChI=1S/C9H9NO.Na/c10-7-1-2-8-3-5-9(11)6-4-8;/h3-6,11H,1-2H2;/q;+1/p-1. The largest absolute Gasteiger partial charge is 1.00 e. The summed E-state index contributed by atoms with van der Waals surface area (Å²) in [4.78, 5) is 0. The molecule has 0 fully saturated rings. The third kappa shape index (κ3) is 3.77. The zero-order valence-electron chi connectivity index (χ0n) is 7.08. The molecule has 56 valence electrons. The van der Waals surface area contributed by atoms with E-state index in [4.69, 9.17) is 5.26 Å². The van der Waals surface area contributed by atoms with Crippen LogP contribution in [0.1, 0.15) is 12.0 Å². The van der Waals surface area contributed by atoms with Gasteiger partial charge in [-0.15, -0.1) is 5.75 Å². The van der Waals surface area contributed by atoms with Gasteiger partial charge in [0.2, 0.25) is 0 Å². The van der Waals surface area contributed by atoms with E-state index in [1.54, 1.807) is 12.1 Å². The minimum atomic E-state index is 0. The smallest absolute Gasteiger partial charge is 0.872 e. The van der Waals surface area contributed by atoms with Crippen LogP contribution in [-0.4, -0.2) is 0 Å². The van der Waals surface area contributed by atoms with E-state index in [0.29, 0.717) is 6.42 Å². The van der Waals surface area contributed by atoms with Crippen LogP contribution in [0.15, 0.2) is 24.3 Å². The maximum atomic E-state index is 10.6. The predicted octanol–water partition coefficient (Wildman–Crippen LogP) is -1.78. The van der Waals surface area contributed by atoms with Crippen LogP contribution in [-0.2, 0) is 6.42 Å². The molecule has 0 bridgehead atoms. The summed E-state index contributed by atoms with van der Waals surface area (Å²) < 4.78 is 0. The van der Waals surface area contributed by atoms with Crippen molar-refractivity contribution in [3.05, 3.63) is 29.8 Å². The number of hydrogen-bond acceptors (Lipinski definition) is 2. The maximum Gasteiger partial charge on any atom is 1.00 e. The van der Waals surface area contributed by atoms with Crippen LogP contribution in [0.25, 0.3) is 0 Å². The molecule has 0 spiro atoms. The predicted molar refractivity (Wildman–Crippen MR) is 39.8 cm³/mol. The Labute approximate surface area is 94.1 Å². The van der Waals surface area contributed by atoms with E-state index in [1.165, 1.54) is 12.1 Å². The summed E-state index contributed by atoms with van der Waals surface area (Å²) in [6.45, 7) is 0. The van der Waals surface area contributed by atoms with Crippen molar-refractivity contribution in [2.24, 2.45) is 0 Å². The summed E-state index contributed by atoms with van der Waals surface area (Å²) in [5, 5.41) is 18.9. The number of benzene rings is 1. The van der Waals surface area contributed by atoms with E-state index < -0.39 is 0 Å². The summed E-state index contributed by atoms with van der Waals surface area (Å²) in [5.41, 5.74) is 1.05. The summed E-state index contributed by atoms with van der Waals surface area (Å²) in [7, 11) is 0. The van der Waals surface area contributed by atoms with Gasteiger partial charge in [-0.3, -0.25) is 0 Å². The molecule has 0 atom stereocenters. The van der Waals surface area contributed by atoms with Crippen LogP contribution in [0.3, 0.4) is 0 Å². The summed E-state index contributed by atoms with van der Waals surface area (Å²) in [6, 6.07) is 8.62. The minimum absolute atomic E-state index is 0. The van der Waals surface area contributed by atoms with Crippen LogP contribution in [0.2, 0.25) is 0 Å². The molecule has 0 unspecified atom stereocenters. The molecule has 0 N–H and O–H groups in total. The van der Waals surface area contributed by atoms with Crippen molar-refractivity contribution >= 4 is 0 Å². The Morgan fingerprint density at radius 1 is 1.25 bits per heavy atom. The Balaban J connectivity index is 0.00000121. The topological polar surface area (TPSA) is 46.8 Å². The fraction of sp³-hybridized carbons (Fsp3) is 0.222. The molecule has 3 heteroatoms. The molecule has 0 amide bonds. The summed E-state index contributed by atoms with van der Waals surface area (Å²) in [6.07, 6.45) is 1.25. The van der Waals surface area contributed by atoms with Gasteiger partial charge in [0.25, 0.3) is 0 Å². The molecule has 2 nitrogen and oxygen atoms in total. The van der Waals surface area contributed by atoms with Crippen molar-refractivity contribution in [3.63, 3.8) is 0 Å². The third-order valence-corrected chi connectivity index (χ3v) is 1.45. The van der Waals surface area contributed by atoms with Crippen molar-refractivity contribution < 1.29 is 34.7 Å². The van der Waals surface area contributed by atoms with Crippen LogP contribution >= 0.6 is 0 Å². The molecular weight excluding hydrogens is 161 g/mol. The van der Waals surface area contributed by atoms with E-state index in [9.17, 15) is 5.11 Å². The number of nitrogens with zero attached hydrogens (tertiary/aromatic N) is 1. The first-order valence-electron chi connectivity index (χ1n) is 3.46. The average molecular weight is 169 g/mol. The maximum absolute atomic E-state index is 10.6. The molecular formula is C9H8NNaO. The first-order chi connectivity index (χ1) is 5.33. The van der Waals surface area contributed by atoms with Gasteiger partial charge in [0.15, 0.2) is 0 Å². The molecule has 0 radical (unpaired) electrons. The van der Waals surface area contributed by atoms with Crippen LogP contribution in [0, 0.1) is 11.3 Å². The summed E-state index contributed by atoms with van der Waals surface area (Å²) >= 11 is 0. The molecule has 1 aromatic rings. The fourth-order valence-electron chi connectivity index (χ4n) is 0.856. The Bertz CT molecular complexity index is 263. The van der Waals surface area contributed by atoms with Crippen molar-refractivity contribution in [1.29, 1.82) is 5.26 Å². The molecule has 0 aliphatic heterocycles. The molecule has 1 aromatic carbocycles. The van der Waals surface area contributed by atoms with Gasteiger partial charge in [0, 0.05) is 6.42 Å². The first-order valence-corrected chi connectivity index (χ1v) is 3.46. The summed E-state index contributed by atoms with van der Waals surface area (Å²) in [5.74, 6) is 0.0192. The van der Waals surface area contributed by atoms with Crippen molar-refractivity contribution in [3.8, 4) is 11.8 Å². The zero-order valence-corrected chi connectivity index (χ0v) is 9.08. The van der Waals surface area contributed by atoms with Gasteiger partial charge in [-0.05, 0) is 12.0 Å². The van der Waals surface area contributed by atoms with Gasteiger partial charge in [0.05, 0.1) is 6.07 Å². The normalized spacial score (nSPS) is 8.25. The Morgan fingerprint density at radius 3 is 2.33 bits per heavy atom. The van der Waals surface area contributed by atoms with Gasteiger partial charge in [0.1, 0.15) is 0 Å². The average Bonchev–Trinajstić information content (AvgIpc) is 2.04. The Kier molecular flexibility index (Phi) is 5.83. The molecule has 0 saturated carbocycles. The monoisotopic (exact) mass is 169 g/mol. The van der Waals surface area contributed by atoms with E-state index in [0.717, 1.165) is 12.0 Å². The number of rotatable bonds is 2. The number of hydrogen-bond donors (Lipinski definition) is 0. The zero-order chi connectivity index (χ0) is 8.10. The van der Waals surface area contributed by atoms with Crippen molar-refractivity contribution in [2.45, 2.75) is 12.8 Å². The number of aryl methyl sites for hydroxylation is 1. The number of nitriles is 1. The molecule has 0 heterocycles. The molecule has 0 saturated heterocycles. The second-order valence-corrected chi connectivity index (χ2v) is 2.30. The molecule has 0 aliphatic rings. The second kappa shape index (κ2) is 6.07. The van der Waals surface area contributed by atoms with Gasteiger partial charge in [-0.1, -0.05) is 24.3 Å². The van der Waals surface area contributed by atoms with Crippen molar-refractivity contribution in [2.75, 3.05) is 0 Å². The molecule has 12 heavy (non-hydrogen) atoms. The minimum Gasteiger partial charge on any atom is -0.872 e. The van der Waals surface area contributed by atoms with Gasteiger partial charge >= 0.3 is 29.6 Å².